The van der Waals surface area contributed by atoms with Gasteiger partial charge in [0.25, 0.3) is 0 Å². The first-order valence-corrected chi connectivity index (χ1v) is 14.0. The fourth-order valence-electron chi connectivity index (χ4n) is 4.15. The number of carbonyl (C=O) groups is 7. The minimum Gasteiger partial charge on any atom is -0.479 e. The van der Waals surface area contributed by atoms with Crippen molar-refractivity contribution >= 4 is 42.0 Å². The minimum absolute atomic E-state index is 0.00270. The molecule has 0 aromatic heterocycles. The normalized spacial score (nSPS) is 18.1. The lowest BCUT2D eigenvalue weighted by atomic mass is 10.1. The van der Waals surface area contributed by atoms with Crippen molar-refractivity contribution in [3.8, 4) is 5.75 Å². The molecular weight excluding hydrogens is 612 g/mol. The number of benzene rings is 1. The van der Waals surface area contributed by atoms with Gasteiger partial charge in [0.05, 0.1) is 12.6 Å². The van der Waals surface area contributed by atoms with Crippen molar-refractivity contribution in [2.24, 2.45) is 11.5 Å². The van der Waals surface area contributed by atoms with Crippen molar-refractivity contribution in [1.29, 1.82) is 0 Å². The molecule has 252 valence electrons. The van der Waals surface area contributed by atoms with E-state index in [9.17, 15) is 43.8 Å². The highest BCUT2D eigenvalue weighted by molar-refractivity contribution is 5.95. The Bertz CT molecular complexity index is 1310. The Morgan fingerprint density at radius 1 is 1.13 bits per heavy atom. The summed E-state index contributed by atoms with van der Waals surface area (Å²) in [6.07, 6.45) is -2.24. The Labute approximate surface area is 263 Å². The van der Waals surface area contributed by atoms with Crippen LogP contribution in [-0.2, 0) is 51.4 Å². The molecule has 0 radical (unpaired) electrons. The van der Waals surface area contributed by atoms with Gasteiger partial charge >= 0.3 is 12.1 Å². The third kappa shape index (κ3) is 12.5. The van der Waals surface area contributed by atoms with Crippen LogP contribution in [0.2, 0.25) is 0 Å². The average molecular weight is 651 g/mol. The average Bonchev–Trinajstić information content (AvgIpc) is 3.01. The van der Waals surface area contributed by atoms with Crippen molar-refractivity contribution in [3.05, 3.63) is 41.5 Å². The van der Waals surface area contributed by atoms with E-state index in [0.717, 1.165) is 17.1 Å². The van der Waals surface area contributed by atoms with E-state index < -0.39 is 66.8 Å². The van der Waals surface area contributed by atoms with Crippen LogP contribution in [0.4, 0.5) is 4.79 Å². The quantitative estimate of drug-likeness (QED) is 0.0673. The van der Waals surface area contributed by atoms with Gasteiger partial charge in [0, 0.05) is 57.6 Å². The maximum Gasteiger partial charge on any atom is 0.404 e. The van der Waals surface area contributed by atoms with Crippen molar-refractivity contribution in [2.45, 2.75) is 57.0 Å². The molecule has 2 rings (SSSR count). The number of nitrogens with one attached hydrogen (secondary N) is 3. The van der Waals surface area contributed by atoms with Gasteiger partial charge in [-0.15, -0.1) is 0 Å². The predicted octanol–water partition coefficient (Wildman–Crippen LogP) is -2.61. The number of carbonyl (C=O) groups excluding carboxylic acids is 6. The zero-order valence-corrected chi connectivity index (χ0v) is 25.0. The highest BCUT2D eigenvalue weighted by Crippen LogP contribution is 2.27. The molecule has 0 bridgehead atoms. The summed E-state index contributed by atoms with van der Waals surface area (Å²) in [5.41, 5.74) is 11.5. The fraction of sp³-hybridized carbons (Fsp3) is 0.464. The first-order chi connectivity index (χ1) is 21.8. The third-order valence-corrected chi connectivity index (χ3v) is 6.54. The molecule has 1 saturated heterocycles. The second kappa shape index (κ2) is 18.7. The van der Waals surface area contributed by atoms with Gasteiger partial charge in [-0.25, -0.2) is 9.59 Å². The summed E-state index contributed by atoms with van der Waals surface area (Å²) in [6, 6.07) is 3.53. The number of rotatable bonds is 17. The molecule has 4 atom stereocenters. The molecule has 18 nitrogen and oxygen atoms in total. The second-order valence-corrected chi connectivity index (χ2v) is 9.98. The Morgan fingerprint density at radius 2 is 1.87 bits per heavy atom. The fourth-order valence-corrected chi connectivity index (χ4v) is 4.15. The van der Waals surface area contributed by atoms with Gasteiger partial charge in [-0.1, -0.05) is 6.07 Å². The summed E-state index contributed by atoms with van der Waals surface area (Å²) in [5.74, 6) is -3.46. The summed E-state index contributed by atoms with van der Waals surface area (Å²) in [4.78, 5) is 82.9. The third-order valence-electron chi connectivity index (χ3n) is 6.54. The van der Waals surface area contributed by atoms with Crippen LogP contribution in [-0.4, -0.2) is 108 Å². The first kappa shape index (κ1) is 37.1. The van der Waals surface area contributed by atoms with Crippen LogP contribution in [0.1, 0.15) is 30.4 Å². The summed E-state index contributed by atoms with van der Waals surface area (Å²) < 4.78 is 16.0. The number of nitrogens with two attached hydrogens (primary N) is 2. The Kier molecular flexibility index (Phi) is 15.1. The zero-order chi connectivity index (χ0) is 34.2. The highest BCUT2D eigenvalue weighted by Gasteiger charge is 2.34. The Hall–Kier alpha value is -5.07. The van der Waals surface area contributed by atoms with Crippen LogP contribution >= 0.6 is 0 Å². The summed E-state index contributed by atoms with van der Waals surface area (Å²) in [6.45, 7) is -1.04. The van der Waals surface area contributed by atoms with E-state index >= 15 is 0 Å². The molecule has 1 aromatic rings. The lowest BCUT2D eigenvalue weighted by molar-refractivity contribution is -0.195. The van der Waals surface area contributed by atoms with Crippen LogP contribution in [0.3, 0.4) is 0 Å². The molecule has 1 aromatic carbocycles. The molecule has 0 aliphatic carbocycles. The van der Waals surface area contributed by atoms with Crippen molar-refractivity contribution in [3.63, 3.8) is 0 Å². The lowest BCUT2D eigenvalue weighted by Crippen LogP contribution is -2.52. The zero-order valence-electron chi connectivity index (χ0n) is 25.0. The molecule has 1 aliphatic rings. The Balaban J connectivity index is 1.91. The molecule has 18 heteroatoms. The number of aliphatic hydroxyl groups excluding tert-OH is 1. The first-order valence-electron chi connectivity index (χ1n) is 14.0. The number of aliphatic hydroxyl groups is 1. The number of hydrogen-bond donors (Lipinski definition) is 7. The number of nitrogens with zero attached hydrogens (tertiary/aromatic N) is 1. The van der Waals surface area contributed by atoms with E-state index in [1.165, 1.54) is 13.1 Å². The number of ether oxygens (including phenoxy) is 3. The number of amides is 5. The van der Waals surface area contributed by atoms with E-state index in [4.69, 9.17) is 25.7 Å². The SMILES string of the molecule is CN(C(=O)/C=C\C=O)C(CN)C(=O)NCC(=O)NCCC(=O)NCc1cc(COC(N)=O)ccc1OC1CC(O)CC(C(=O)O)O1. The van der Waals surface area contributed by atoms with Crippen LogP contribution in [0.15, 0.2) is 30.4 Å². The molecule has 0 spiro atoms. The molecule has 4 unspecified atom stereocenters. The number of hydrogen-bond acceptors (Lipinski definition) is 12. The van der Waals surface area contributed by atoms with Crippen LogP contribution < -0.4 is 32.2 Å². The van der Waals surface area contributed by atoms with Gasteiger partial charge < -0.3 is 56.7 Å². The number of likely N-dealkylation sites (N-methyl/N-ethyl adjacent to an activating group) is 1. The number of carboxylic acids is 1. The van der Waals surface area contributed by atoms with Crippen LogP contribution in [0.5, 0.6) is 5.75 Å². The Morgan fingerprint density at radius 3 is 2.52 bits per heavy atom. The molecule has 0 saturated carbocycles. The molecule has 46 heavy (non-hydrogen) atoms. The standard InChI is InChI=1S/C28H38N6O12/c1-34(24(39)3-2-8-35)19(12-29)26(40)33-14-23(38)31-7-6-22(37)32-13-17-9-16(15-44-28(30)43)4-5-20(17)45-25-11-18(36)10-21(46-25)27(41)42/h2-5,8-9,18-19,21,25,36H,6-7,10-15,29H2,1H3,(H2,30,43)(H,31,38)(H,32,37)(H,33,40)(H,41,42)/b3-2-. The molecule has 1 aliphatic heterocycles. The topological polar surface area (TPSA) is 279 Å². The summed E-state index contributed by atoms with van der Waals surface area (Å²) in [7, 11) is 1.32. The predicted molar refractivity (Wildman–Crippen MR) is 156 cm³/mol. The van der Waals surface area contributed by atoms with Crippen molar-refractivity contribution in [1.82, 2.24) is 20.9 Å². The van der Waals surface area contributed by atoms with Gasteiger partial charge in [0.1, 0.15) is 24.7 Å². The van der Waals surface area contributed by atoms with E-state index in [1.807, 2.05) is 0 Å². The number of aliphatic carboxylic acids is 1. The molecule has 1 heterocycles. The number of primary amides is 1. The largest absolute Gasteiger partial charge is 0.479 e. The number of allylic oxidation sites excluding steroid dienone is 1. The maximum absolute atomic E-state index is 12.5. The molecule has 1 fully saturated rings. The van der Waals surface area contributed by atoms with Crippen LogP contribution in [0.25, 0.3) is 0 Å². The van der Waals surface area contributed by atoms with E-state index in [2.05, 4.69) is 16.0 Å². The van der Waals surface area contributed by atoms with E-state index in [1.54, 1.807) is 12.1 Å². The van der Waals surface area contributed by atoms with Gasteiger partial charge in [-0.05, 0) is 23.8 Å². The summed E-state index contributed by atoms with van der Waals surface area (Å²) in [5, 5.41) is 26.8. The van der Waals surface area contributed by atoms with E-state index in [0.29, 0.717) is 17.4 Å². The number of aldehydes is 1. The highest BCUT2D eigenvalue weighted by atomic mass is 16.7. The monoisotopic (exact) mass is 650 g/mol. The van der Waals surface area contributed by atoms with Crippen molar-refractivity contribution in [2.75, 3.05) is 26.7 Å². The molecular formula is C28H38N6O12. The maximum atomic E-state index is 12.5. The van der Waals surface area contributed by atoms with Gasteiger partial charge in [-0.3, -0.25) is 24.0 Å². The number of carboxylic acid groups (broad SMARTS) is 1. The van der Waals surface area contributed by atoms with Gasteiger partial charge in [0.15, 0.2) is 6.10 Å². The molecule has 9 N–H and O–H groups in total. The lowest BCUT2D eigenvalue weighted by Gasteiger charge is -2.31. The molecule has 5 amide bonds. The van der Waals surface area contributed by atoms with Crippen molar-refractivity contribution < 1.29 is 58.0 Å². The smallest absolute Gasteiger partial charge is 0.404 e. The second-order valence-electron chi connectivity index (χ2n) is 9.98. The van der Waals surface area contributed by atoms with E-state index in [-0.39, 0.29) is 51.3 Å². The van der Waals surface area contributed by atoms with Gasteiger partial charge in [-0.2, -0.15) is 0 Å². The van der Waals surface area contributed by atoms with Gasteiger partial charge in [0.2, 0.25) is 29.9 Å². The minimum atomic E-state index is -1.27. The van der Waals surface area contributed by atoms with Crippen LogP contribution in [0, 0.1) is 0 Å². The summed E-state index contributed by atoms with van der Waals surface area (Å²) >= 11 is 0.